The summed E-state index contributed by atoms with van der Waals surface area (Å²) in [5.74, 6) is 0.718. The molecule has 0 spiro atoms. The van der Waals surface area contributed by atoms with E-state index in [-0.39, 0.29) is 11.4 Å². The predicted octanol–water partition coefficient (Wildman–Crippen LogP) is -0.0512. The number of nitrogens with zero attached hydrogens (tertiary/aromatic N) is 3. The van der Waals surface area contributed by atoms with Gasteiger partial charge in [0.1, 0.15) is 10.7 Å². The Balaban J connectivity index is 1.65. The van der Waals surface area contributed by atoms with Gasteiger partial charge in [0, 0.05) is 38.4 Å². The van der Waals surface area contributed by atoms with Crippen molar-refractivity contribution in [2.45, 2.75) is 17.4 Å². The highest BCUT2D eigenvalue weighted by atomic mass is 32.2. The predicted molar refractivity (Wildman–Crippen MR) is 85.6 cm³/mol. The first-order chi connectivity index (χ1) is 11.5. The van der Waals surface area contributed by atoms with Crippen LogP contribution >= 0.6 is 0 Å². The Labute approximate surface area is 140 Å². The Morgan fingerprint density at radius 1 is 1.29 bits per heavy atom. The van der Waals surface area contributed by atoms with Crippen molar-refractivity contribution < 1.29 is 23.1 Å². The zero-order valence-corrected chi connectivity index (χ0v) is 13.9. The van der Waals surface area contributed by atoms with Crippen molar-refractivity contribution >= 4 is 21.9 Å². The van der Waals surface area contributed by atoms with Crippen molar-refractivity contribution in [3.05, 3.63) is 18.3 Å². The molecule has 3 rings (SSSR count). The number of ether oxygens (including phenoxy) is 1. The highest BCUT2D eigenvalue weighted by Crippen LogP contribution is 2.17. The number of anilines is 1. The number of carboxylic acid groups (broad SMARTS) is 1. The molecule has 0 saturated carbocycles. The van der Waals surface area contributed by atoms with Crippen LogP contribution in [0.5, 0.6) is 0 Å². The second kappa shape index (κ2) is 6.91. The largest absolute Gasteiger partial charge is 0.465 e. The second-order valence-electron chi connectivity index (χ2n) is 5.79. The highest BCUT2D eigenvalue weighted by Gasteiger charge is 2.29. The van der Waals surface area contributed by atoms with Crippen LogP contribution in [0.25, 0.3) is 0 Å². The average molecular weight is 356 g/mol. The molecular weight excluding hydrogens is 336 g/mol. The molecule has 2 fully saturated rings. The van der Waals surface area contributed by atoms with Gasteiger partial charge in [-0.15, -0.1) is 0 Å². The summed E-state index contributed by atoms with van der Waals surface area (Å²) in [7, 11) is -3.72. The van der Waals surface area contributed by atoms with Gasteiger partial charge in [0.15, 0.2) is 0 Å². The van der Waals surface area contributed by atoms with Crippen LogP contribution in [-0.4, -0.2) is 74.9 Å². The third kappa shape index (κ3) is 3.77. The molecule has 2 aliphatic rings. The summed E-state index contributed by atoms with van der Waals surface area (Å²) in [4.78, 5) is 18.4. The molecule has 0 aromatic carbocycles. The first-order valence-corrected chi connectivity index (χ1v) is 9.23. The lowest BCUT2D eigenvalue weighted by atomic mass is 10.3. The van der Waals surface area contributed by atoms with Crippen LogP contribution in [0.4, 0.5) is 10.6 Å². The Hall–Kier alpha value is -1.91. The highest BCUT2D eigenvalue weighted by molar-refractivity contribution is 7.89. The van der Waals surface area contributed by atoms with E-state index in [4.69, 9.17) is 9.84 Å². The number of aromatic nitrogens is 1. The molecule has 2 aliphatic heterocycles. The number of rotatable bonds is 4. The molecule has 10 heteroatoms. The molecule has 0 aliphatic carbocycles. The number of amides is 1. The maximum absolute atomic E-state index is 12.4. The quantitative estimate of drug-likeness (QED) is 0.778. The molecule has 0 radical (unpaired) electrons. The fourth-order valence-corrected chi connectivity index (χ4v) is 4.03. The lowest BCUT2D eigenvalue weighted by Crippen LogP contribution is -2.38. The maximum Gasteiger partial charge on any atom is 0.407 e. The van der Waals surface area contributed by atoms with Gasteiger partial charge >= 0.3 is 6.09 Å². The number of hydrogen-bond acceptors (Lipinski definition) is 6. The van der Waals surface area contributed by atoms with Gasteiger partial charge in [0.05, 0.1) is 13.2 Å². The second-order valence-corrected chi connectivity index (χ2v) is 7.50. The summed E-state index contributed by atoms with van der Waals surface area (Å²) < 4.78 is 32.6. The smallest absolute Gasteiger partial charge is 0.407 e. The fourth-order valence-electron chi connectivity index (χ4n) is 2.83. The Morgan fingerprint density at radius 2 is 2.04 bits per heavy atom. The summed E-state index contributed by atoms with van der Waals surface area (Å²) in [5.41, 5.74) is 0. The minimum Gasteiger partial charge on any atom is -0.465 e. The van der Waals surface area contributed by atoms with E-state index in [0.29, 0.717) is 26.2 Å². The zero-order chi connectivity index (χ0) is 17.2. The van der Waals surface area contributed by atoms with Crippen LogP contribution in [0, 0.1) is 0 Å². The number of pyridine rings is 1. The lowest BCUT2D eigenvalue weighted by molar-refractivity contribution is 0.122. The molecule has 1 aromatic heterocycles. The van der Waals surface area contributed by atoms with Crippen molar-refractivity contribution in [1.29, 1.82) is 0 Å². The van der Waals surface area contributed by atoms with E-state index in [0.717, 1.165) is 18.9 Å². The Bertz CT molecular complexity index is 688. The van der Waals surface area contributed by atoms with Gasteiger partial charge in [0.2, 0.25) is 10.0 Å². The maximum atomic E-state index is 12.4. The van der Waals surface area contributed by atoms with E-state index in [1.807, 2.05) is 4.90 Å². The molecule has 3 heterocycles. The van der Waals surface area contributed by atoms with Crippen molar-refractivity contribution in [2.24, 2.45) is 0 Å². The normalized spacial score (nSPS) is 21.9. The van der Waals surface area contributed by atoms with Gasteiger partial charge in [-0.05, 0) is 18.6 Å². The third-order valence-electron chi connectivity index (χ3n) is 4.15. The lowest BCUT2D eigenvalue weighted by Gasteiger charge is -2.27. The molecule has 2 N–H and O–H groups in total. The average Bonchev–Trinajstić information content (AvgIpc) is 3.04. The molecule has 132 valence electrons. The fraction of sp³-hybridized carbons (Fsp3) is 0.571. The Morgan fingerprint density at radius 3 is 2.62 bits per heavy atom. The van der Waals surface area contributed by atoms with Gasteiger partial charge in [0.25, 0.3) is 0 Å². The van der Waals surface area contributed by atoms with Gasteiger partial charge in [-0.2, -0.15) is 0 Å². The minimum atomic E-state index is -3.72. The van der Waals surface area contributed by atoms with Crippen LogP contribution < -0.4 is 9.62 Å². The molecule has 1 aromatic rings. The van der Waals surface area contributed by atoms with Crippen LogP contribution in [-0.2, 0) is 14.8 Å². The van der Waals surface area contributed by atoms with E-state index >= 15 is 0 Å². The summed E-state index contributed by atoms with van der Waals surface area (Å²) in [6.45, 7) is 3.20. The van der Waals surface area contributed by atoms with Crippen LogP contribution in [0.15, 0.2) is 23.2 Å². The summed E-state index contributed by atoms with van der Waals surface area (Å²) in [6, 6.07) is 2.78. The number of likely N-dealkylation sites (tertiary alicyclic amines) is 1. The Kier molecular flexibility index (Phi) is 4.88. The molecule has 24 heavy (non-hydrogen) atoms. The van der Waals surface area contributed by atoms with Gasteiger partial charge in [-0.25, -0.2) is 22.9 Å². The monoisotopic (exact) mass is 356 g/mol. The van der Waals surface area contributed by atoms with E-state index in [9.17, 15) is 13.2 Å². The van der Waals surface area contributed by atoms with E-state index in [1.165, 1.54) is 17.2 Å². The SMILES string of the molecule is O=C(O)N1CCC(NS(=O)(=O)c2ccc(N3CCOCC3)nc2)C1. The molecule has 1 amide bonds. The molecule has 1 atom stereocenters. The van der Waals surface area contributed by atoms with Crippen molar-refractivity contribution in [1.82, 2.24) is 14.6 Å². The van der Waals surface area contributed by atoms with Crippen LogP contribution in [0.2, 0.25) is 0 Å². The van der Waals surface area contributed by atoms with E-state index < -0.39 is 22.2 Å². The number of sulfonamides is 1. The summed E-state index contributed by atoms with van der Waals surface area (Å²) >= 11 is 0. The van der Waals surface area contributed by atoms with Crippen LogP contribution in [0.3, 0.4) is 0 Å². The first kappa shape index (κ1) is 16.9. The molecule has 1 unspecified atom stereocenters. The minimum absolute atomic E-state index is 0.0771. The van der Waals surface area contributed by atoms with Gasteiger partial charge in [-0.1, -0.05) is 0 Å². The third-order valence-corrected chi connectivity index (χ3v) is 5.65. The first-order valence-electron chi connectivity index (χ1n) is 7.75. The van der Waals surface area contributed by atoms with E-state index in [1.54, 1.807) is 6.07 Å². The standard InChI is InChI=1S/C14H20N4O5S/c19-14(20)18-4-3-11(10-18)16-24(21,22)12-1-2-13(15-9-12)17-5-7-23-8-6-17/h1-2,9,11,16H,3-8,10H2,(H,19,20). The number of nitrogens with one attached hydrogen (secondary N) is 1. The number of carbonyl (C=O) groups is 1. The molecular formula is C14H20N4O5S. The summed E-state index contributed by atoms with van der Waals surface area (Å²) in [5, 5.41) is 8.93. The summed E-state index contributed by atoms with van der Waals surface area (Å²) in [6.07, 6.45) is 0.759. The van der Waals surface area contributed by atoms with Gasteiger partial charge in [-0.3, -0.25) is 0 Å². The molecule has 0 bridgehead atoms. The van der Waals surface area contributed by atoms with Crippen LogP contribution in [0.1, 0.15) is 6.42 Å². The van der Waals surface area contributed by atoms with Crippen molar-refractivity contribution in [2.75, 3.05) is 44.3 Å². The zero-order valence-electron chi connectivity index (χ0n) is 13.1. The number of morpholine rings is 1. The van der Waals surface area contributed by atoms with Crippen molar-refractivity contribution in [3.8, 4) is 0 Å². The molecule has 9 nitrogen and oxygen atoms in total. The number of hydrogen-bond donors (Lipinski definition) is 2. The molecule has 2 saturated heterocycles. The van der Waals surface area contributed by atoms with Gasteiger partial charge < -0.3 is 19.6 Å². The topological polar surface area (TPSA) is 112 Å². The van der Waals surface area contributed by atoms with E-state index in [2.05, 4.69) is 9.71 Å². The van der Waals surface area contributed by atoms with Crippen molar-refractivity contribution in [3.63, 3.8) is 0 Å².